The summed E-state index contributed by atoms with van der Waals surface area (Å²) in [6, 6.07) is 0.812. The van der Waals surface area contributed by atoms with Crippen molar-refractivity contribution >= 4 is 5.91 Å². The molecule has 0 aromatic carbocycles. The Bertz CT molecular complexity index is 314. The molecule has 0 radical (unpaired) electrons. The van der Waals surface area contributed by atoms with Crippen LogP contribution in [0.25, 0.3) is 0 Å². The first-order chi connectivity index (χ1) is 8.04. The zero-order valence-corrected chi connectivity index (χ0v) is 11.2. The molecule has 1 heterocycles. The van der Waals surface area contributed by atoms with Gasteiger partial charge in [-0.05, 0) is 39.0 Å². The van der Waals surface area contributed by atoms with Crippen LogP contribution in [0.1, 0.15) is 40.0 Å². The fourth-order valence-electron chi connectivity index (χ4n) is 2.99. The van der Waals surface area contributed by atoms with Crippen LogP contribution in [0, 0.1) is 5.92 Å². The lowest BCUT2D eigenvalue weighted by molar-refractivity contribution is -0.127. The molecule has 0 aromatic heterocycles. The maximum Gasteiger partial charge on any atom is 0.246 e. The molecular weight excluding hydrogens is 212 g/mol. The minimum Gasteiger partial charge on any atom is -0.336 e. The van der Waals surface area contributed by atoms with Crippen molar-refractivity contribution in [2.75, 3.05) is 13.1 Å². The van der Waals surface area contributed by atoms with Crippen LogP contribution in [0.4, 0.5) is 0 Å². The summed E-state index contributed by atoms with van der Waals surface area (Å²) < 4.78 is 0. The van der Waals surface area contributed by atoms with E-state index in [1.54, 1.807) is 0 Å². The molecule has 3 heteroatoms. The number of rotatable bonds is 1. The van der Waals surface area contributed by atoms with Crippen LogP contribution in [-0.4, -0.2) is 36.0 Å². The quantitative estimate of drug-likeness (QED) is 0.706. The maximum absolute atomic E-state index is 12.2. The van der Waals surface area contributed by atoms with Crippen LogP contribution in [0.15, 0.2) is 11.6 Å². The molecule has 96 valence electrons. The summed E-state index contributed by atoms with van der Waals surface area (Å²) in [6.45, 7) is 8.22. The standard InChI is InChI=1S/C14H24N2O/c1-10-4-5-13(6-10)7-14(17)16-8-11(2)15-12(3)9-16/h7,10-12,15H,4-6,8-9H2,1-3H3/b13-7-/t10-,11+,12+/m1/s1. The summed E-state index contributed by atoms with van der Waals surface area (Å²) in [5.41, 5.74) is 1.35. The summed E-state index contributed by atoms with van der Waals surface area (Å²) in [4.78, 5) is 14.2. The van der Waals surface area contributed by atoms with Gasteiger partial charge in [0.25, 0.3) is 0 Å². The van der Waals surface area contributed by atoms with E-state index < -0.39 is 0 Å². The van der Waals surface area contributed by atoms with E-state index in [0.717, 1.165) is 31.8 Å². The molecule has 2 rings (SSSR count). The Balaban J connectivity index is 1.95. The molecule has 17 heavy (non-hydrogen) atoms. The Labute approximate surface area is 104 Å². The van der Waals surface area contributed by atoms with Gasteiger partial charge in [-0.25, -0.2) is 0 Å². The Morgan fingerprint density at radius 2 is 1.94 bits per heavy atom. The topological polar surface area (TPSA) is 32.3 Å². The highest BCUT2D eigenvalue weighted by Gasteiger charge is 2.24. The third-order valence-electron chi connectivity index (χ3n) is 3.77. The van der Waals surface area contributed by atoms with Gasteiger partial charge in [-0.1, -0.05) is 12.5 Å². The third-order valence-corrected chi connectivity index (χ3v) is 3.77. The van der Waals surface area contributed by atoms with Gasteiger partial charge in [-0.2, -0.15) is 0 Å². The second-order valence-electron chi connectivity index (χ2n) is 5.86. The molecule has 1 aliphatic heterocycles. The average molecular weight is 236 g/mol. The van der Waals surface area contributed by atoms with Crippen LogP contribution in [-0.2, 0) is 4.79 Å². The van der Waals surface area contributed by atoms with Crippen LogP contribution in [0.3, 0.4) is 0 Å². The van der Waals surface area contributed by atoms with Crippen molar-refractivity contribution in [2.24, 2.45) is 5.92 Å². The van der Waals surface area contributed by atoms with Crippen molar-refractivity contribution in [1.82, 2.24) is 10.2 Å². The molecule has 2 aliphatic rings. The fraction of sp³-hybridized carbons (Fsp3) is 0.786. The lowest BCUT2D eigenvalue weighted by Gasteiger charge is -2.35. The van der Waals surface area contributed by atoms with Crippen molar-refractivity contribution < 1.29 is 4.79 Å². The molecule has 0 spiro atoms. The summed E-state index contributed by atoms with van der Waals surface area (Å²) in [7, 11) is 0. The van der Waals surface area contributed by atoms with Crippen LogP contribution >= 0.6 is 0 Å². The predicted octanol–water partition coefficient (Wildman–Crippen LogP) is 1.94. The van der Waals surface area contributed by atoms with E-state index in [0.29, 0.717) is 12.1 Å². The second-order valence-corrected chi connectivity index (χ2v) is 5.86. The second kappa shape index (κ2) is 5.21. The molecule has 1 aliphatic carbocycles. The molecule has 3 nitrogen and oxygen atoms in total. The Morgan fingerprint density at radius 3 is 2.47 bits per heavy atom. The normalized spacial score (nSPS) is 36.5. The highest BCUT2D eigenvalue weighted by molar-refractivity contribution is 5.88. The van der Waals surface area contributed by atoms with Gasteiger partial charge in [0.2, 0.25) is 5.91 Å². The molecule has 1 N–H and O–H groups in total. The van der Waals surface area contributed by atoms with E-state index >= 15 is 0 Å². The largest absolute Gasteiger partial charge is 0.336 e. The SMILES string of the molecule is C[C@@H]1CC/C(=C/C(=O)N2C[C@H](C)N[C@@H](C)C2)C1. The van der Waals surface area contributed by atoms with E-state index in [1.165, 1.54) is 12.0 Å². The maximum atomic E-state index is 12.2. The summed E-state index contributed by atoms with van der Waals surface area (Å²) >= 11 is 0. The number of nitrogens with one attached hydrogen (secondary N) is 1. The average Bonchev–Trinajstić information content (AvgIpc) is 2.62. The van der Waals surface area contributed by atoms with Crippen LogP contribution in [0.5, 0.6) is 0 Å². The molecule has 1 amide bonds. The summed E-state index contributed by atoms with van der Waals surface area (Å²) in [5.74, 6) is 0.976. The van der Waals surface area contributed by atoms with Gasteiger partial charge in [0.05, 0.1) is 0 Å². The van der Waals surface area contributed by atoms with Crippen molar-refractivity contribution in [3.63, 3.8) is 0 Å². The Morgan fingerprint density at radius 1 is 1.29 bits per heavy atom. The first kappa shape index (κ1) is 12.6. The number of carbonyl (C=O) groups is 1. The third kappa shape index (κ3) is 3.32. The Kier molecular flexibility index (Phi) is 3.87. The number of piperazine rings is 1. The number of hydrogen-bond acceptors (Lipinski definition) is 2. The molecule has 0 bridgehead atoms. The van der Waals surface area contributed by atoms with Gasteiger partial charge in [0.1, 0.15) is 0 Å². The molecule has 3 atom stereocenters. The number of nitrogens with zero attached hydrogens (tertiary/aromatic N) is 1. The van der Waals surface area contributed by atoms with Crippen molar-refractivity contribution in [3.8, 4) is 0 Å². The van der Waals surface area contributed by atoms with E-state index in [1.807, 2.05) is 11.0 Å². The fourth-order valence-corrected chi connectivity index (χ4v) is 2.99. The molecule has 0 aromatic rings. The minimum absolute atomic E-state index is 0.217. The highest BCUT2D eigenvalue weighted by atomic mass is 16.2. The number of hydrogen-bond donors (Lipinski definition) is 1. The minimum atomic E-state index is 0.217. The van der Waals surface area contributed by atoms with Gasteiger partial charge < -0.3 is 10.2 Å². The lowest BCUT2D eigenvalue weighted by Crippen LogP contribution is -2.55. The summed E-state index contributed by atoms with van der Waals surface area (Å²) in [5, 5.41) is 3.45. The van der Waals surface area contributed by atoms with Crippen molar-refractivity contribution in [3.05, 3.63) is 11.6 Å². The van der Waals surface area contributed by atoms with Gasteiger partial charge >= 0.3 is 0 Å². The molecule has 1 saturated heterocycles. The molecule has 1 saturated carbocycles. The van der Waals surface area contributed by atoms with E-state index in [4.69, 9.17) is 0 Å². The highest BCUT2D eigenvalue weighted by Crippen LogP contribution is 2.29. The Hall–Kier alpha value is -0.830. The predicted molar refractivity (Wildman–Crippen MR) is 69.7 cm³/mol. The smallest absolute Gasteiger partial charge is 0.246 e. The van der Waals surface area contributed by atoms with E-state index in [9.17, 15) is 4.79 Å². The summed E-state index contributed by atoms with van der Waals surface area (Å²) in [6.07, 6.45) is 5.37. The lowest BCUT2D eigenvalue weighted by atomic mass is 10.1. The van der Waals surface area contributed by atoms with E-state index in [2.05, 4.69) is 26.1 Å². The van der Waals surface area contributed by atoms with Crippen LogP contribution in [0.2, 0.25) is 0 Å². The number of amides is 1. The first-order valence-corrected chi connectivity index (χ1v) is 6.79. The van der Waals surface area contributed by atoms with Gasteiger partial charge in [0, 0.05) is 31.2 Å². The van der Waals surface area contributed by atoms with Crippen molar-refractivity contribution in [2.45, 2.75) is 52.1 Å². The van der Waals surface area contributed by atoms with E-state index in [-0.39, 0.29) is 5.91 Å². The van der Waals surface area contributed by atoms with Gasteiger partial charge in [0.15, 0.2) is 0 Å². The molecule has 2 fully saturated rings. The van der Waals surface area contributed by atoms with Gasteiger partial charge in [-0.3, -0.25) is 4.79 Å². The monoisotopic (exact) mass is 236 g/mol. The van der Waals surface area contributed by atoms with Gasteiger partial charge in [-0.15, -0.1) is 0 Å². The molecular formula is C14H24N2O. The zero-order valence-electron chi connectivity index (χ0n) is 11.2. The van der Waals surface area contributed by atoms with Crippen molar-refractivity contribution in [1.29, 1.82) is 0 Å². The van der Waals surface area contributed by atoms with Crippen LogP contribution < -0.4 is 5.32 Å². The number of allylic oxidation sites excluding steroid dienone is 1. The number of carbonyl (C=O) groups excluding carboxylic acids is 1. The first-order valence-electron chi connectivity index (χ1n) is 6.79. The molecule has 0 unspecified atom stereocenters. The zero-order chi connectivity index (χ0) is 12.4.